The minimum absolute atomic E-state index is 0.0873. The molecule has 6 rings (SSSR count). The number of thioether (sulfide) groups is 1. The topological polar surface area (TPSA) is 74.2 Å². The van der Waals surface area contributed by atoms with Gasteiger partial charge in [-0.25, -0.2) is 9.80 Å². The minimum atomic E-state index is -1.21. The van der Waals surface area contributed by atoms with Crippen LogP contribution in [-0.4, -0.2) is 28.6 Å². The van der Waals surface area contributed by atoms with Crippen molar-refractivity contribution >= 4 is 56.4 Å². The second kappa shape index (κ2) is 8.97. The van der Waals surface area contributed by atoms with Crippen molar-refractivity contribution in [2.45, 2.75) is 38.2 Å². The molecule has 3 aromatic rings. The van der Waals surface area contributed by atoms with Crippen molar-refractivity contribution in [1.29, 1.82) is 0 Å². The van der Waals surface area contributed by atoms with E-state index in [1.165, 1.54) is 16.6 Å². The SMILES string of the molecule is CCOC(=O)C1=NN(c2ccccc2)[C@@]2(Nc3sc4c(c3C(=O)N2c2ccccc2)CC[C@@H](C)C4)S1. The van der Waals surface area contributed by atoms with E-state index in [2.05, 4.69) is 12.2 Å². The molecule has 1 aliphatic carbocycles. The first-order valence-corrected chi connectivity index (χ1v) is 13.8. The van der Waals surface area contributed by atoms with E-state index in [0.717, 1.165) is 46.8 Å². The van der Waals surface area contributed by atoms with Crippen molar-refractivity contribution < 1.29 is 14.3 Å². The monoisotopic (exact) mass is 518 g/mol. The molecular formula is C27H26N4O3S2. The summed E-state index contributed by atoms with van der Waals surface area (Å²) < 4.78 is 5.31. The van der Waals surface area contributed by atoms with Crippen molar-refractivity contribution in [2.75, 3.05) is 21.8 Å². The highest BCUT2D eigenvalue weighted by atomic mass is 32.2. The fourth-order valence-electron chi connectivity index (χ4n) is 5.04. The lowest BCUT2D eigenvalue weighted by atomic mass is 9.88. The normalized spacial score (nSPS) is 22.7. The van der Waals surface area contributed by atoms with Gasteiger partial charge < -0.3 is 10.1 Å². The molecule has 9 heteroatoms. The van der Waals surface area contributed by atoms with Gasteiger partial charge in [0.25, 0.3) is 11.0 Å². The summed E-state index contributed by atoms with van der Waals surface area (Å²) in [5.74, 6) is -0.00396. The highest BCUT2D eigenvalue weighted by Crippen LogP contribution is 2.52. The molecule has 184 valence electrons. The maximum Gasteiger partial charge on any atom is 0.365 e. The predicted molar refractivity (Wildman–Crippen MR) is 146 cm³/mol. The van der Waals surface area contributed by atoms with Crippen molar-refractivity contribution in [2.24, 2.45) is 11.0 Å². The molecule has 1 spiro atoms. The third-order valence-electron chi connectivity index (χ3n) is 6.69. The number of hydrogen-bond acceptors (Lipinski definition) is 8. The molecule has 1 amide bonds. The van der Waals surface area contributed by atoms with Gasteiger partial charge in [0.1, 0.15) is 5.00 Å². The number of amides is 1. The number of esters is 1. The lowest BCUT2D eigenvalue weighted by Gasteiger charge is -2.47. The number of carbonyl (C=O) groups excluding carboxylic acids is 2. The Morgan fingerprint density at radius 3 is 2.53 bits per heavy atom. The number of nitrogens with one attached hydrogen (secondary N) is 1. The molecule has 0 saturated carbocycles. The number of ether oxygens (including phenoxy) is 1. The van der Waals surface area contributed by atoms with Gasteiger partial charge in [0.2, 0.25) is 5.04 Å². The number of anilines is 3. The lowest BCUT2D eigenvalue weighted by Crippen LogP contribution is -2.65. The Balaban J connectivity index is 1.56. The third kappa shape index (κ3) is 3.60. The fraction of sp³-hybridized carbons (Fsp3) is 0.296. The van der Waals surface area contributed by atoms with E-state index >= 15 is 0 Å². The molecule has 1 N–H and O–H groups in total. The van der Waals surface area contributed by atoms with Crippen LogP contribution < -0.4 is 15.2 Å². The number of para-hydroxylation sites is 2. The molecule has 0 fully saturated rings. The second-order valence-electron chi connectivity index (χ2n) is 9.14. The Morgan fingerprint density at radius 2 is 1.83 bits per heavy atom. The molecule has 0 radical (unpaired) electrons. The maximum absolute atomic E-state index is 14.5. The Labute approximate surface area is 218 Å². The van der Waals surface area contributed by atoms with Gasteiger partial charge in [0.05, 0.1) is 17.9 Å². The number of nitrogens with zero attached hydrogens (tertiary/aromatic N) is 3. The van der Waals surface area contributed by atoms with Crippen LogP contribution in [0.4, 0.5) is 16.4 Å². The van der Waals surface area contributed by atoms with Gasteiger partial charge in [0.15, 0.2) is 0 Å². The molecular weight excluding hydrogens is 492 g/mol. The summed E-state index contributed by atoms with van der Waals surface area (Å²) >= 11 is 2.86. The molecule has 2 atom stereocenters. The van der Waals surface area contributed by atoms with Crippen LogP contribution in [-0.2, 0) is 22.4 Å². The maximum atomic E-state index is 14.5. The van der Waals surface area contributed by atoms with E-state index in [1.54, 1.807) is 28.2 Å². The summed E-state index contributed by atoms with van der Waals surface area (Å²) in [6.07, 6.45) is 2.94. The zero-order valence-corrected chi connectivity index (χ0v) is 21.7. The summed E-state index contributed by atoms with van der Waals surface area (Å²) in [4.78, 5) is 30.4. The van der Waals surface area contributed by atoms with Crippen molar-refractivity contribution in [3.05, 3.63) is 76.7 Å². The summed E-state index contributed by atoms with van der Waals surface area (Å²) in [7, 11) is 0. The van der Waals surface area contributed by atoms with Gasteiger partial charge in [-0.1, -0.05) is 43.3 Å². The fourth-order valence-corrected chi connectivity index (χ4v) is 7.75. The number of carbonyl (C=O) groups is 2. The number of fused-ring (bicyclic) bond motifs is 3. The van der Waals surface area contributed by atoms with Crippen molar-refractivity contribution in [3.8, 4) is 0 Å². The van der Waals surface area contributed by atoms with Crippen LogP contribution in [0.25, 0.3) is 0 Å². The molecule has 1 aromatic heterocycles. The average Bonchev–Trinajstić information content (AvgIpc) is 3.43. The average molecular weight is 519 g/mol. The van der Waals surface area contributed by atoms with Gasteiger partial charge in [-0.15, -0.1) is 11.3 Å². The predicted octanol–water partition coefficient (Wildman–Crippen LogP) is 5.69. The van der Waals surface area contributed by atoms with Gasteiger partial charge in [-0.2, -0.15) is 5.10 Å². The first kappa shape index (κ1) is 23.1. The molecule has 0 unspecified atom stereocenters. The number of benzene rings is 2. The zero-order chi connectivity index (χ0) is 24.9. The van der Waals surface area contributed by atoms with Gasteiger partial charge in [-0.3, -0.25) is 9.69 Å². The number of rotatable bonds is 4. The summed E-state index contributed by atoms with van der Waals surface area (Å²) in [6.45, 7) is 4.27. The van der Waals surface area contributed by atoms with Crippen molar-refractivity contribution in [3.63, 3.8) is 0 Å². The molecule has 0 saturated heterocycles. The molecule has 3 aliphatic rings. The second-order valence-corrected chi connectivity index (χ2v) is 11.4. The number of thiophene rings is 1. The zero-order valence-electron chi connectivity index (χ0n) is 20.1. The molecule has 2 aromatic carbocycles. The molecule has 3 heterocycles. The van der Waals surface area contributed by atoms with Crippen LogP contribution in [0.5, 0.6) is 0 Å². The molecule has 2 aliphatic heterocycles. The van der Waals surface area contributed by atoms with Crippen LogP contribution in [0.3, 0.4) is 0 Å². The standard InChI is InChI=1S/C27H26N4O3S2/c1-3-34-26(33)24-29-31(19-12-8-5-9-13-19)27(36-24)28-23-22(20-15-14-17(2)16-21(20)35-23)25(32)30(27)18-10-6-4-7-11-18/h4-13,17,28H,3,14-16H2,1-2H3/t17-,27+/m1/s1. The molecule has 0 bridgehead atoms. The van der Waals surface area contributed by atoms with E-state index in [-0.39, 0.29) is 17.6 Å². The van der Waals surface area contributed by atoms with Crippen LogP contribution in [0.1, 0.15) is 41.1 Å². The number of hydrazone groups is 1. The van der Waals surface area contributed by atoms with E-state index in [1.807, 2.05) is 60.7 Å². The summed E-state index contributed by atoms with van der Waals surface area (Å²) in [5, 5.41) is 9.96. The highest BCUT2D eigenvalue weighted by Gasteiger charge is 2.58. The van der Waals surface area contributed by atoms with Crippen LogP contribution in [0.15, 0.2) is 65.8 Å². The lowest BCUT2D eigenvalue weighted by molar-refractivity contribution is -0.134. The highest BCUT2D eigenvalue weighted by molar-refractivity contribution is 8.17. The van der Waals surface area contributed by atoms with Crippen molar-refractivity contribution in [1.82, 2.24) is 0 Å². The largest absolute Gasteiger partial charge is 0.461 e. The van der Waals surface area contributed by atoms with Crippen LogP contribution in [0, 0.1) is 5.92 Å². The summed E-state index contributed by atoms with van der Waals surface area (Å²) in [6, 6.07) is 19.2. The Kier molecular flexibility index (Phi) is 5.76. The Hall–Kier alpha value is -3.30. The summed E-state index contributed by atoms with van der Waals surface area (Å²) in [5.41, 5.74) is 3.37. The van der Waals surface area contributed by atoms with Gasteiger partial charge >= 0.3 is 5.97 Å². The first-order valence-electron chi connectivity index (χ1n) is 12.1. The van der Waals surface area contributed by atoms with Crippen LogP contribution >= 0.6 is 23.1 Å². The Morgan fingerprint density at radius 1 is 1.14 bits per heavy atom. The quantitative estimate of drug-likeness (QED) is 0.448. The molecule has 7 nitrogen and oxygen atoms in total. The van der Waals surface area contributed by atoms with Gasteiger partial charge in [0, 0.05) is 10.6 Å². The first-order chi connectivity index (χ1) is 17.5. The van der Waals surface area contributed by atoms with E-state index < -0.39 is 11.1 Å². The van der Waals surface area contributed by atoms with Gasteiger partial charge in [-0.05, 0) is 73.7 Å². The van der Waals surface area contributed by atoms with E-state index in [0.29, 0.717) is 5.92 Å². The smallest absolute Gasteiger partial charge is 0.365 e. The van der Waals surface area contributed by atoms with E-state index in [4.69, 9.17) is 9.84 Å². The number of hydrogen-bond donors (Lipinski definition) is 1. The third-order valence-corrected chi connectivity index (χ3v) is 9.04. The molecule has 36 heavy (non-hydrogen) atoms. The van der Waals surface area contributed by atoms with E-state index in [9.17, 15) is 9.59 Å². The minimum Gasteiger partial charge on any atom is -0.461 e. The van der Waals surface area contributed by atoms with Crippen LogP contribution in [0.2, 0.25) is 0 Å². The Bertz CT molecular complexity index is 1360.